The molecule has 1 aliphatic carbocycles. The molecule has 0 N–H and O–H groups in total. The van der Waals surface area contributed by atoms with Gasteiger partial charge in [-0.05, 0) is 36.2 Å². The van der Waals surface area contributed by atoms with Crippen molar-refractivity contribution >= 4 is 0 Å². The molecule has 16 heavy (non-hydrogen) atoms. The third-order valence-electron chi connectivity index (χ3n) is 3.68. The molecule has 1 fully saturated rings. The van der Waals surface area contributed by atoms with E-state index < -0.39 is 0 Å². The van der Waals surface area contributed by atoms with Gasteiger partial charge in [0.2, 0.25) is 0 Å². The van der Waals surface area contributed by atoms with Crippen molar-refractivity contribution < 1.29 is 4.74 Å². The Hall–Kier alpha value is -0.820. The maximum absolute atomic E-state index is 5.75. The van der Waals surface area contributed by atoms with Gasteiger partial charge in [0.1, 0.15) is 0 Å². The second-order valence-corrected chi connectivity index (χ2v) is 5.34. The minimum absolute atomic E-state index is 0.768. The fraction of sp³-hybridized carbons (Fsp3) is 0.600. The average molecular weight is 218 g/mol. The van der Waals surface area contributed by atoms with Crippen molar-refractivity contribution in [2.45, 2.75) is 33.3 Å². The Balaban J connectivity index is 1.60. The first-order chi connectivity index (χ1) is 7.75. The van der Waals surface area contributed by atoms with Crippen LogP contribution in [0.15, 0.2) is 30.3 Å². The molecule has 0 bridgehead atoms. The largest absolute Gasteiger partial charge is 0.376 e. The highest BCUT2D eigenvalue weighted by Gasteiger charge is 2.30. The van der Waals surface area contributed by atoms with Crippen LogP contribution in [0.5, 0.6) is 0 Å². The molecule has 0 spiro atoms. The molecule has 0 radical (unpaired) electrons. The summed E-state index contributed by atoms with van der Waals surface area (Å²) in [6.45, 7) is 6.36. The second-order valence-electron chi connectivity index (χ2n) is 5.34. The van der Waals surface area contributed by atoms with E-state index in [0.29, 0.717) is 0 Å². The molecule has 1 saturated carbocycles. The minimum Gasteiger partial charge on any atom is -0.376 e. The van der Waals surface area contributed by atoms with E-state index >= 15 is 0 Å². The van der Waals surface area contributed by atoms with E-state index in [-0.39, 0.29) is 0 Å². The van der Waals surface area contributed by atoms with Crippen molar-refractivity contribution in [3.63, 3.8) is 0 Å². The minimum atomic E-state index is 0.768. The fourth-order valence-corrected chi connectivity index (χ4v) is 2.39. The lowest BCUT2D eigenvalue weighted by Gasteiger charge is -2.37. The normalized spacial score (nSPS) is 24.4. The summed E-state index contributed by atoms with van der Waals surface area (Å²) in [7, 11) is 0. The second kappa shape index (κ2) is 5.49. The van der Waals surface area contributed by atoms with E-state index in [1.165, 1.54) is 18.4 Å². The molecule has 0 unspecified atom stereocenters. The van der Waals surface area contributed by atoms with Crippen molar-refractivity contribution in [3.05, 3.63) is 35.9 Å². The Kier molecular flexibility index (Phi) is 4.00. The van der Waals surface area contributed by atoms with E-state index in [0.717, 1.165) is 31.0 Å². The van der Waals surface area contributed by atoms with Gasteiger partial charge in [-0.25, -0.2) is 0 Å². The van der Waals surface area contributed by atoms with Gasteiger partial charge in [-0.3, -0.25) is 0 Å². The molecule has 0 heterocycles. The lowest BCUT2D eigenvalue weighted by atomic mass is 9.70. The lowest BCUT2D eigenvalue weighted by Crippen LogP contribution is -2.30. The molecule has 0 aromatic heterocycles. The van der Waals surface area contributed by atoms with E-state index in [1.54, 1.807) is 0 Å². The predicted octanol–water partition coefficient (Wildman–Crippen LogP) is 3.89. The summed E-state index contributed by atoms with van der Waals surface area (Å²) in [5.74, 6) is 2.62. The third kappa shape index (κ3) is 3.08. The van der Waals surface area contributed by atoms with Crippen LogP contribution in [0.25, 0.3) is 0 Å². The summed E-state index contributed by atoms with van der Waals surface area (Å²) in [6, 6.07) is 10.4. The topological polar surface area (TPSA) is 9.23 Å². The first-order valence-electron chi connectivity index (χ1n) is 6.37. The standard InChI is InChI=1S/C15H22O/c1-12(2)15-8-14(9-15)11-16-10-13-6-4-3-5-7-13/h3-7,12,14-15H,8-11H2,1-2H3. The number of hydrogen-bond donors (Lipinski definition) is 0. The quantitative estimate of drug-likeness (QED) is 0.728. The van der Waals surface area contributed by atoms with Gasteiger partial charge in [0.25, 0.3) is 0 Å². The van der Waals surface area contributed by atoms with Crippen LogP contribution in [0.1, 0.15) is 32.3 Å². The summed E-state index contributed by atoms with van der Waals surface area (Å²) in [5, 5.41) is 0. The Labute approximate surface area is 98.8 Å². The fourth-order valence-electron chi connectivity index (χ4n) is 2.39. The summed E-state index contributed by atoms with van der Waals surface area (Å²) < 4.78 is 5.75. The Morgan fingerprint density at radius 1 is 1.19 bits per heavy atom. The average Bonchev–Trinajstić information content (AvgIpc) is 2.22. The number of benzene rings is 1. The van der Waals surface area contributed by atoms with Gasteiger partial charge in [0, 0.05) is 6.61 Å². The maximum atomic E-state index is 5.75. The number of hydrogen-bond acceptors (Lipinski definition) is 1. The molecule has 1 nitrogen and oxygen atoms in total. The van der Waals surface area contributed by atoms with Gasteiger partial charge in [-0.15, -0.1) is 0 Å². The Bertz CT molecular complexity index is 298. The van der Waals surface area contributed by atoms with E-state index in [9.17, 15) is 0 Å². The van der Waals surface area contributed by atoms with E-state index in [1.807, 2.05) is 6.07 Å². The zero-order valence-corrected chi connectivity index (χ0v) is 10.4. The number of rotatable bonds is 5. The van der Waals surface area contributed by atoms with Crippen LogP contribution in [0.4, 0.5) is 0 Å². The summed E-state index contributed by atoms with van der Waals surface area (Å²) >= 11 is 0. The SMILES string of the molecule is CC(C)C1CC(COCc2ccccc2)C1. The molecular weight excluding hydrogens is 196 g/mol. The molecular formula is C15H22O. The van der Waals surface area contributed by atoms with Crippen LogP contribution < -0.4 is 0 Å². The van der Waals surface area contributed by atoms with Crippen LogP contribution in [0.2, 0.25) is 0 Å². The Morgan fingerprint density at radius 3 is 2.50 bits per heavy atom. The van der Waals surface area contributed by atoms with Gasteiger partial charge < -0.3 is 4.74 Å². The molecule has 1 aliphatic rings. The summed E-state index contributed by atoms with van der Waals surface area (Å²) in [6.07, 6.45) is 2.74. The molecule has 0 atom stereocenters. The highest BCUT2D eigenvalue weighted by atomic mass is 16.5. The van der Waals surface area contributed by atoms with Gasteiger partial charge >= 0.3 is 0 Å². The zero-order valence-electron chi connectivity index (χ0n) is 10.4. The molecule has 88 valence electrons. The first-order valence-corrected chi connectivity index (χ1v) is 6.37. The predicted molar refractivity (Wildman–Crippen MR) is 67.2 cm³/mol. The molecule has 1 heteroatoms. The van der Waals surface area contributed by atoms with Crippen LogP contribution in [0, 0.1) is 17.8 Å². The highest BCUT2D eigenvalue weighted by molar-refractivity contribution is 5.13. The van der Waals surface area contributed by atoms with Crippen LogP contribution in [-0.4, -0.2) is 6.61 Å². The first kappa shape index (κ1) is 11.7. The molecule has 1 aromatic carbocycles. The Morgan fingerprint density at radius 2 is 1.88 bits per heavy atom. The van der Waals surface area contributed by atoms with Gasteiger partial charge in [0.15, 0.2) is 0 Å². The van der Waals surface area contributed by atoms with Crippen LogP contribution in [-0.2, 0) is 11.3 Å². The molecule has 0 aliphatic heterocycles. The smallest absolute Gasteiger partial charge is 0.0717 e. The van der Waals surface area contributed by atoms with Crippen molar-refractivity contribution in [1.82, 2.24) is 0 Å². The van der Waals surface area contributed by atoms with Crippen molar-refractivity contribution in [1.29, 1.82) is 0 Å². The van der Waals surface area contributed by atoms with Gasteiger partial charge in [0.05, 0.1) is 6.61 Å². The maximum Gasteiger partial charge on any atom is 0.0717 e. The van der Waals surface area contributed by atoms with Crippen LogP contribution >= 0.6 is 0 Å². The van der Waals surface area contributed by atoms with Crippen LogP contribution in [0.3, 0.4) is 0 Å². The lowest BCUT2D eigenvalue weighted by molar-refractivity contribution is 0.0219. The van der Waals surface area contributed by atoms with E-state index in [4.69, 9.17) is 4.74 Å². The number of ether oxygens (including phenoxy) is 1. The molecule has 0 amide bonds. The van der Waals surface area contributed by atoms with Crippen molar-refractivity contribution in [2.24, 2.45) is 17.8 Å². The molecule has 0 saturated heterocycles. The van der Waals surface area contributed by atoms with Gasteiger partial charge in [-0.2, -0.15) is 0 Å². The van der Waals surface area contributed by atoms with E-state index in [2.05, 4.69) is 38.1 Å². The highest BCUT2D eigenvalue weighted by Crippen LogP contribution is 2.38. The molecule has 2 rings (SSSR count). The molecule has 1 aromatic rings. The zero-order chi connectivity index (χ0) is 11.4. The van der Waals surface area contributed by atoms with Gasteiger partial charge in [-0.1, -0.05) is 44.2 Å². The van der Waals surface area contributed by atoms with Crippen molar-refractivity contribution in [3.8, 4) is 0 Å². The summed E-state index contributed by atoms with van der Waals surface area (Å²) in [4.78, 5) is 0. The summed E-state index contributed by atoms with van der Waals surface area (Å²) in [5.41, 5.74) is 1.28. The monoisotopic (exact) mass is 218 g/mol. The van der Waals surface area contributed by atoms with Crippen molar-refractivity contribution in [2.75, 3.05) is 6.61 Å². The third-order valence-corrected chi connectivity index (χ3v) is 3.68.